The Morgan fingerprint density at radius 3 is 2.94 bits per heavy atom. The van der Waals surface area contributed by atoms with Crippen molar-refractivity contribution in [1.29, 1.82) is 0 Å². The Kier molecular flexibility index (Phi) is 4.62. The number of aromatic amines is 1. The molecule has 0 saturated carbocycles. The lowest BCUT2D eigenvalue weighted by molar-refractivity contribution is -0.124. The zero-order valence-corrected chi connectivity index (χ0v) is 17.4. The summed E-state index contributed by atoms with van der Waals surface area (Å²) in [4.78, 5) is 29.1. The van der Waals surface area contributed by atoms with Crippen molar-refractivity contribution in [2.75, 3.05) is 6.54 Å². The molecule has 5 aromatic rings. The van der Waals surface area contributed by atoms with Crippen molar-refractivity contribution in [3.8, 4) is 0 Å². The average molecular weight is 417 g/mol. The first-order valence-electron chi connectivity index (χ1n) is 10.4. The lowest BCUT2D eigenvalue weighted by Gasteiger charge is -2.16. The van der Waals surface area contributed by atoms with Gasteiger partial charge >= 0.3 is 0 Å². The third-order valence-corrected chi connectivity index (χ3v) is 5.76. The molecule has 8 heteroatoms. The van der Waals surface area contributed by atoms with Crippen LogP contribution in [0.15, 0.2) is 58.1 Å². The topological polar surface area (TPSA) is 97.3 Å². The Hall–Kier alpha value is -3.81. The molecule has 0 aliphatic heterocycles. The summed E-state index contributed by atoms with van der Waals surface area (Å²) < 4.78 is 8.52. The van der Waals surface area contributed by atoms with Crippen molar-refractivity contribution in [3.63, 3.8) is 0 Å². The lowest BCUT2D eigenvalue weighted by Crippen LogP contribution is -2.39. The van der Waals surface area contributed by atoms with E-state index in [0.717, 1.165) is 22.0 Å². The number of hydrogen-bond donors (Lipinski definition) is 2. The molecule has 2 N–H and O–H groups in total. The van der Waals surface area contributed by atoms with E-state index in [1.54, 1.807) is 23.7 Å². The first kappa shape index (κ1) is 19.2. The molecule has 31 heavy (non-hydrogen) atoms. The largest absolute Gasteiger partial charge is 0.463 e. The van der Waals surface area contributed by atoms with Gasteiger partial charge in [0.15, 0.2) is 5.58 Å². The van der Waals surface area contributed by atoms with E-state index in [9.17, 15) is 9.59 Å². The Morgan fingerprint density at radius 1 is 1.26 bits per heavy atom. The fourth-order valence-electron chi connectivity index (χ4n) is 4.10. The van der Waals surface area contributed by atoms with Gasteiger partial charge in [-0.15, -0.1) is 0 Å². The standard InChI is InChI=1S/C23H23N5O3/c1-3-21-26-28(23(30)19-12-20-18(27(19)21)9-11-31-20)14(2)22(29)24-10-8-15-13-25-17-7-5-4-6-16(15)17/h4-7,9,11-14,25H,3,8,10H2,1-2H3,(H,24,29)/t14-/m0/s1. The van der Waals surface area contributed by atoms with Crippen LogP contribution in [0.2, 0.25) is 0 Å². The second-order valence-corrected chi connectivity index (χ2v) is 7.63. The van der Waals surface area contributed by atoms with Crippen LogP contribution in [-0.2, 0) is 17.6 Å². The average Bonchev–Trinajstić information content (AvgIpc) is 3.49. The van der Waals surface area contributed by atoms with E-state index in [1.807, 2.05) is 37.4 Å². The second kappa shape index (κ2) is 7.46. The third kappa shape index (κ3) is 3.11. The Morgan fingerprint density at radius 2 is 2.10 bits per heavy atom. The summed E-state index contributed by atoms with van der Waals surface area (Å²) in [6.07, 6.45) is 4.86. The Bertz CT molecular complexity index is 1470. The second-order valence-electron chi connectivity index (χ2n) is 7.63. The maximum absolute atomic E-state index is 13.1. The van der Waals surface area contributed by atoms with Gasteiger partial charge in [0.25, 0.3) is 5.56 Å². The fraction of sp³-hybridized carbons (Fsp3) is 0.261. The van der Waals surface area contributed by atoms with Crippen molar-refractivity contribution in [3.05, 3.63) is 70.6 Å². The normalized spacial score (nSPS) is 12.7. The number of furan rings is 1. The van der Waals surface area contributed by atoms with Crippen molar-refractivity contribution >= 4 is 33.4 Å². The number of aryl methyl sites for hydroxylation is 1. The molecule has 0 aliphatic rings. The van der Waals surface area contributed by atoms with E-state index >= 15 is 0 Å². The number of carbonyl (C=O) groups is 1. The molecule has 0 bridgehead atoms. The van der Waals surface area contributed by atoms with Crippen molar-refractivity contribution in [2.24, 2.45) is 0 Å². The summed E-state index contributed by atoms with van der Waals surface area (Å²) in [6, 6.07) is 10.9. The number of amides is 1. The van der Waals surface area contributed by atoms with Crippen LogP contribution in [0, 0.1) is 0 Å². The van der Waals surface area contributed by atoms with Crippen LogP contribution in [0.25, 0.3) is 27.5 Å². The Labute approximate surface area is 177 Å². The van der Waals surface area contributed by atoms with E-state index < -0.39 is 6.04 Å². The van der Waals surface area contributed by atoms with Gasteiger partial charge in [0, 0.05) is 42.2 Å². The molecule has 0 radical (unpaired) electrons. The number of fused-ring (bicyclic) bond motifs is 4. The first-order chi connectivity index (χ1) is 15.1. The van der Waals surface area contributed by atoms with Gasteiger partial charge in [-0.1, -0.05) is 25.1 Å². The van der Waals surface area contributed by atoms with Gasteiger partial charge in [-0.05, 0) is 25.0 Å². The number of nitrogens with zero attached hydrogens (tertiary/aromatic N) is 3. The highest BCUT2D eigenvalue weighted by atomic mass is 16.3. The van der Waals surface area contributed by atoms with E-state index in [1.165, 1.54) is 4.68 Å². The summed E-state index contributed by atoms with van der Waals surface area (Å²) in [5.74, 6) is 0.459. The fourth-order valence-corrected chi connectivity index (χ4v) is 4.10. The molecule has 4 heterocycles. The van der Waals surface area contributed by atoms with Crippen molar-refractivity contribution in [2.45, 2.75) is 32.7 Å². The molecular weight excluding hydrogens is 394 g/mol. The maximum atomic E-state index is 13.1. The SMILES string of the molecule is CCc1nn([C@@H](C)C(=O)NCCc2c[nH]c3ccccc23)c(=O)c2cc3occc3n12. The first-order valence-corrected chi connectivity index (χ1v) is 10.4. The van der Waals surface area contributed by atoms with Crippen LogP contribution in [0.3, 0.4) is 0 Å². The van der Waals surface area contributed by atoms with E-state index in [4.69, 9.17) is 4.42 Å². The van der Waals surface area contributed by atoms with E-state index in [-0.39, 0.29) is 11.5 Å². The van der Waals surface area contributed by atoms with Crippen molar-refractivity contribution < 1.29 is 9.21 Å². The third-order valence-electron chi connectivity index (χ3n) is 5.76. The molecule has 8 nitrogen and oxygen atoms in total. The highest BCUT2D eigenvalue weighted by molar-refractivity contribution is 5.84. The van der Waals surface area contributed by atoms with Crippen molar-refractivity contribution in [1.82, 2.24) is 24.5 Å². The summed E-state index contributed by atoms with van der Waals surface area (Å²) in [6.45, 7) is 4.13. The minimum Gasteiger partial charge on any atom is -0.463 e. The predicted octanol–water partition coefficient (Wildman–Crippen LogP) is 3.21. The quantitative estimate of drug-likeness (QED) is 0.443. The van der Waals surface area contributed by atoms with Crippen LogP contribution in [0.5, 0.6) is 0 Å². The number of carbonyl (C=O) groups excluding carboxylic acids is 1. The van der Waals surface area contributed by atoms with Crippen LogP contribution in [0.1, 0.15) is 31.3 Å². The highest BCUT2D eigenvalue weighted by Gasteiger charge is 2.22. The number of benzene rings is 1. The zero-order chi connectivity index (χ0) is 21.5. The summed E-state index contributed by atoms with van der Waals surface area (Å²) in [7, 11) is 0. The van der Waals surface area contributed by atoms with Gasteiger partial charge in [-0.2, -0.15) is 5.10 Å². The smallest absolute Gasteiger partial charge is 0.291 e. The van der Waals surface area contributed by atoms with Crippen LogP contribution in [-0.4, -0.2) is 31.6 Å². The monoisotopic (exact) mass is 417 g/mol. The Balaban J connectivity index is 1.37. The number of hydrogen-bond acceptors (Lipinski definition) is 4. The molecular formula is C23H23N5O3. The zero-order valence-electron chi connectivity index (χ0n) is 17.4. The molecule has 0 spiro atoms. The minimum atomic E-state index is -0.730. The number of H-pyrrole nitrogens is 1. The molecule has 0 aliphatic carbocycles. The molecule has 0 fully saturated rings. The van der Waals surface area contributed by atoms with E-state index in [0.29, 0.717) is 36.3 Å². The van der Waals surface area contributed by atoms with Gasteiger partial charge in [-0.25, -0.2) is 4.68 Å². The predicted molar refractivity (Wildman–Crippen MR) is 118 cm³/mol. The molecule has 1 atom stereocenters. The molecule has 1 amide bonds. The van der Waals surface area contributed by atoms with Crippen LogP contribution < -0.4 is 10.9 Å². The van der Waals surface area contributed by atoms with Gasteiger partial charge in [0.1, 0.15) is 17.4 Å². The number of aromatic nitrogens is 4. The molecule has 0 saturated heterocycles. The van der Waals surface area contributed by atoms with Gasteiger partial charge in [0.05, 0.1) is 11.8 Å². The number of nitrogens with one attached hydrogen (secondary N) is 2. The molecule has 4 aromatic heterocycles. The molecule has 0 unspecified atom stereocenters. The molecule has 1 aromatic carbocycles. The van der Waals surface area contributed by atoms with Gasteiger partial charge in [0.2, 0.25) is 5.91 Å². The maximum Gasteiger partial charge on any atom is 0.291 e. The highest BCUT2D eigenvalue weighted by Crippen LogP contribution is 2.21. The lowest BCUT2D eigenvalue weighted by atomic mass is 10.1. The van der Waals surface area contributed by atoms with Crippen LogP contribution >= 0.6 is 0 Å². The van der Waals surface area contributed by atoms with Gasteiger partial charge in [-0.3, -0.25) is 14.0 Å². The summed E-state index contributed by atoms with van der Waals surface area (Å²) in [5, 5.41) is 8.59. The number of para-hydroxylation sites is 1. The summed E-state index contributed by atoms with van der Waals surface area (Å²) >= 11 is 0. The minimum absolute atomic E-state index is 0.240. The number of rotatable bonds is 6. The van der Waals surface area contributed by atoms with Gasteiger partial charge < -0.3 is 14.7 Å². The molecule has 158 valence electrons. The van der Waals surface area contributed by atoms with E-state index in [2.05, 4.69) is 21.5 Å². The molecule has 5 rings (SSSR count). The van der Waals surface area contributed by atoms with Crippen LogP contribution in [0.4, 0.5) is 0 Å². The summed E-state index contributed by atoms with van der Waals surface area (Å²) in [5.41, 5.74) is 3.79.